The third kappa shape index (κ3) is 6.12. The maximum absolute atomic E-state index is 11.8. The van der Waals surface area contributed by atoms with E-state index in [0.29, 0.717) is 13.2 Å². The average molecular weight is 279 g/mol. The Labute approximate surface area is 121 Å². The maximum atomic E-state index is 11.8. The molecule has 0 aromatic carbocycles. The van der Waals surface area contributed by atoms with Crippen molar-refractivity contribution in [2.24, 2.45) is 0 Å². The van der Waals surface area contributed by atoms with Gasteiger partial charge in [0.05, 0.1) is 6.61 Å². The van der Waals surface area contributed by atoms with Crippen molar-refractivity contribution < 1.29 is 9.53 Å². The van der Waals surface area contributed by atoms with E-state index < -0.39 is 0 Å². The quantitative estimate of drug-likeness (QED) is 0.686. The van der Waals surface area contributed by atoms with Crippen LogP contribution in [0.15, 0.2) is 24.5 Å². The Kier molecular flexibility index (Phi) is 7.84. The van der Waals surface area contributed by atoms with Gasteiger partial charge in [0.25, 0.3) is 0 Å². The van der Waals surface area contributed by atoms with Gasteiger partial charge in [-0.2, -0.15) is 0 Å². The number of carbonyl (C=O) groups is 1. The van der Waals surface area contributed by atoms with Gasteiger partial charge in [-0.15, -0.1) is 0 Å². The lowest BCUT2D eigenvalue weighted by molar-refractivity contribution is -0.146. The summed E-state index contributed by atoms with van der Waals surface area (Å²) >= 11 is 0. The number of nitrogens with zero attached hydrogens (tertiary/aromatic N) is 2. The summed E-state index contributed by atoms with van der Waals surface area (Å²) in [5.41, 5.74) is 1.25. The summed E-state index contributed by atoms with van der Waals surface area (Å²) in [5.74, 6) is -0.176. The number of carbonyl (C=O) groups excluding carboxylic acids is 1. The predicted octanol–water partition coefficient (Wildman–Crippen LogP) is 1.10. The van der Waals surface area contributed by atoms with Crippen molar-refractivity contribution in [1.82, 2.24) is 15.2 Å². The number of likely N-dealkylation sites (N-methyl/N-ethyl adjacent to an activating group) is 2. The molecule has 112 valence electrons. The van der Waals surface area contributed by atoms with E-state index in [0.717, 1.165) is 19.5 Å². The van der Waals surface area contributed by atoms with Crippen LogP contribution in [-0.4, -0.2) is 55.2 Å². The second kappa shape index (κ2) is 9.44. The Hall–Kier alpha value is -1.46. The molecule has 0 fully saturated rings. The highest BCUT2D eigenvalue weighted by Gasteiger charge is 2.20. The molecule has 0 saturated heterocycles. The summed E-state index contributed by atoms with van der Waals surface area (Å²) in [5, 5.41) is 3.17. The van der Waals surface area contributed by atoms with Crippen LogP contribution < -0.4 is 5.32 Å². The number of aromatic nitrogens is 1. The highest BCUT2D eigenvalue weighted by Crippen LogP contribution is 2.00. The lowest BCUT2D eigenvalue weighted by Gasteiger charge is -2.23. The average Bonchev–Trinajstić information content (AvgIpc) is 2.46. The van der Waals surface area contributed by atoms with Crippen molar-refractivity contribution in [2.45, 2.75) is 26.3 Å². The summed E-state index contributed by atoms with van der Waals surface area (Å²) in [6.45, 7) is 6.53. The van der Waals surface area contributed by atoms with Crippen LogP contribution in [0, 0.1) is 0 Å². The molecule has 5 nitrogen and oxygen atoms in total. The first-order valence-electron chi connectivity index (χ1n) is 7.14. The van der Waals surface area contributed by atoms with Crippen molar-refractivity contribution >= 4 is 5.97 Å². The van der Waals surface area contributed by atoms with E-state index >= 15 is 0 Å². The zero-order valence-corrected chi connectivity index (χ0v) is 12.6. The minimum absolute atomic E-state index is 0.176. The fourth-order valence-corrected chi connectivity index (χ4v) is 1.98. The third-order valence-corrected chi connectivity index (χ3v) is 3.05. The summed E-state index contributed by atoms with van der Waals surface area (Å²) < 4.78 is 5.08. The van der Waals surface area contributed by atoms with Gasteiger partial charge in [0.1, 0.15) is 6.04 Å². The molecular weight excluding hydrogens is 254 g/mol. The smallest absolute Gasteiger partial charge is 0.324 e. The van der Waals surface area contributed by atoms with Crippen molar-refractivity contribution in [3.63, 3.8) is 0 Å². The summed E-state index contributed by atoms with van der Waals surface area (Å²) in [7, 11) is 2.02. The first-order valence-corrected chi connectivity index (χ1v) is 7.14. The van der Waals surface area contributed by atoms with Gasteiger partial charge in [-0.25, -0.2) is 0 Å². The van der Waals surface area contributed by atoms with Crippen molar-refractivity contribution in [1.29, 1.82) is 0 Å². The summed E-state index contributed by atoms with van der Waals surface area (Å²) in [6, 6.07) is 3.77. The Morgan fingerprint density at radius 3 is 2.70 bits per heavy atom. The zero-order chi connectivity index (χ0) is 14.8. The second-order valence-electron chi connectivity index (χ2n) is 4.73. The van der Waals surface area contributed by atoms with E-state index in [-0.39, 0.29) is 12.0 Å². The Morgan fingerprint density at radius 2 is 2.10 bits per heavy atom. The highest BCUT2D eigenvalue weighted by atomic mass is 16.5. The number of pyridine rings is 1. The fraction of sp³-hybridized carbons (Fsp3) is 0.600. The van der Waals surface area contributed by atoms with Crippen LogP contribution in [0.3, 0.4) is 0 Å². The minimum Gasteiger partial charge on any atom is -0.465 e. The molecule has 0 saturated carbocycles. The maximum Gasteiger partial charge on any atom is 0.324 e. The Bertz CT molecular complexity index is 384. The fourth-order valence-electron chi connectivity index (χ4n) is 1.98. The number of ether oxygens (including phenoxy) is 1. The molecule has 20 heavy (non-hydrogen) atoms. The van der Waals surface area contributed by atoms with Crippen LogP contribution in [0.1, 0.15) is 19.4 Å². The number of rotatable bonds is 9. The summed E-state index contributed by atoms with van der Waals surface area (Å²) in [4.78, 5) is 18.0. The molecule has 1 atom stereocenters. The normalized spacial score (nSPS) is 12.4. The molecule has 5 heteroatoms. The van der Waals surface area contributed by atoms with Crippen LogP contribution in [0.25, 0.3) is 0 Å². The van der Waals surface area contributed by atoms with Gasteiger partial charge in [-0.1, -0.05) is 6.92 Å². The predicted molar refractivity (Wildman–Crippen MR) is 79.5 cm³/mol. The summed E-state index contributed by atoms with van der Waals surface area (Å²) in [6.07, 6.45) is 4.55. The molecule has 0 spiro atoms. The molecule has 0 radical (unpaired) electrons. The first-order chi connectivity index (χ1) is 9.67. The van der Waals surface area contributed by atoms with Crippen LogP contribution >= 0.6 is 0 Å². The van der Waals surface area contributed by atoms with Crippen LogP contribution in [0.4, 0.5) is 0 Å². The van der Waals surface area contributed by atoms with E-state index in [2.05, 4.69) is 15.2 Å². The van der Waals surface area contributed by atoms with Gasteiger partial charge in [0.2, 0.25) is 0 Å². The van der Waals surface area contributed by atoms with Crippen molar-refractivity contribution in [2.75, 3.05) is 33.3 Å². The number of nitrogens with one attached hydrogen (secondary N) is 1. The van der Waals surface area contributed by atoms with Gasteiger partial charge in [-0.05, 0) is 44.6 Å². The topological polar surface area (TPSA) is 54.5 Å². The first kappa shape index (κ1) is 16.6. The second-order valence-corrected chi connectivity index (χ2v) is 4.73. The van der Waals surface area contributed by atoms with Crippen molar-refractivity contribution in [3.05, 3.63) is 30.1 Å². The van der Waals surface area contributed by atoms with Gasteiger partial charge < -0.3 is 15.0 Å². The highest BCUT2D eigenvalue weighted by molar-refractivity contribution is 5.76. The molecular formula is C15H25N3O2. The monoisotopic (exact) mass is 279 g/mol. The lowest BCUT2D eigenvalue weighted by atomic mass is 10.2. The molecule has 0 aliphatic carbocycles. The van der Waals surface area contributed by atoms with E-state index in [1.165, 1.54) is 5.56 Å². The van der Waals surface area contributed by atoms with Gasteiger partial charge >= 0.3 is 5.97 Å². The Morgan fingerprint density at radius 1 is 1.40 bits per heavy atom. The number of hydrogen-bond acceptors (Lipinski definition) is 5. The molecule has 1 aromatic heterocycles. The standard InChI is InChI=1S/C15H25N3O2/c1-4-17-14(15(19)20-5-2)12-18(3)11-8-13-6-9-16-10-7-13/h6-7,9-10,14,17H,4-5,8,11-12H2,1-3H3. The molecule has 0 aliphatic rings. The molecule has 1 rings (SSSR count). The third-order valence-electron chi connectivity index (χ3n) is 3.05. The van der Waals surface area contributed by atoms with Crippen LogP contribution in [0.2, 0.25) is 0 Å². The van der Waals surface area contributed by atoms with Crippen LogP contribution in [0.5, 0.6) is 0 Å². The Balaban J connectivity index is 2.41. The largest absolute Gasteiger partial charge is 0.465 e. The van der Waals surface area contributed by atoms with Crippen LogP contribution in [-0.2, 0) is 16.0 Å². The van der Waals surface area contributed by atoms with Gasteiger partial charge in [0.15, 0.2) is 0 Å². The van der Waals surface area contributed by atoms with E-state index in [4.69, 9.17) is 4.74 Å². The molecule has 1 N–H and O–H groups in total. The molecule has 1 unspecified atom stereocenters. The van der Waals surface area contributed by atoms with E-state index in [1.807, 2.05) is 33.0 Å². The lowest BCUT2D eigenvalue weighted by Crippen LogP contribution is -2.46. The molecule has 1 aromatic rings. The molecule has 0 bridgehead atoms. The van der Waals surface area contributed by atoms with E-state index in [9.17, 15) is 4.79 Å². The zero-order valence-electron chi connectivity index (χ0n) is 12.6. The van der Waals surface area contributed by atoms with Crippen molar-refractivity contribution in [3.8, 4) is 0 Å². The molecule has 0 amide bonds. The van der Waals surface area contributed by atoms with Gasteiger partial charge in [0, 0.05) is 25.5 Å². The SMILES string of the molecule is CCNC(CN(C)CCc1ccncc1)C(=O)OCC. The molecule has 1 heterocycles. The number of hydrogen-bond donors (Lipinski definition) is 1. The van der Waals surface area contributed by atoms with Gasteiger partial charge in [-0.3, -0.25) is 9.78 Å². The molecule has 0 aliphatic heterocycles. The number of esters is 1. The van der Waals surface area contributed by atoms with E-state index in [1.54, 1.807) is 12.4 Å². The minimum atomic E-state index is -0.262.